The topological polar surface area (TPSA) is 6.48 Å². The third-order valence-electron chi connectivity index (χ3n) is 3.76. The number of benzene rings is 1. The maximum Gasteiger partial charge on any atom is 0.225 e. The molecule has 3 aliphatic rings. The van der Waals surface area contributed by atoms with Crippen molar-refractivity contribution in [3.8, 4) is 0 Å². The first-order chi connectivity index (χ1) is 9.82. The zero-order chi connectivity index (χ0) is 13.6. The van der Waals surface area contributed by atoms with Gasteiger partial charge in [-0.2, -0.15) is 0 Å². The van der Waals surface area contributed by atoms with Crippen molar-refractivity contribution in [3.05, 3.63) is 96.1 Å². The summed E-state index contributed by atoms with van der Waals surface area (Å²) in [6, 6.07) is 10.2. The van der Waals surface area contributed by atoms with Crippen LogP contribution >= 0.6 is 11.6 Å². The Kier molecular flexibility index (Phi) is 2.41. The molecule has 0 aliphatic carbocycles. The fourth-order valence-electron chi connectivity index (χ4n) is 2.86. The molecule has 3 aliphatic heterocycles. The summed E-state index contributed by atoms with van der Waals surface area (Å²) in [5.74, 6) is 0. The largest absolute Gasteiger partial charge is 0.306 e. The number of rotatable bonds is 1. The lowest BCUT2D eigenvalue weighted by Gasteiger charge is -2.40. The van der Waals surface area contributed by atoms with Crippen molar-refractivity contribution in [3.63, 3.8) is 0 Å². The molecule has 4 rings (SSSR count). The molecule has 3 heteroatoms. The zero-order valence-corrected chi connectivity index (χ0v) is 11.5. The first-order valence-electron chi connectivity index (χ1n) is 6.59. The highest BCUT2D eigenvalue weighted by Gasteiger charge is 2.49. The smallest absolute Gasteiger partial charge is 0.225 e. The Morgan fingerprint density at radius 3 is 1.85 bits per heavy atom. The lowest BCUT2D eigenvalue weighted by molar-refractivity contribution is 0.183. The van der Waals surface area contributed by atoms with Gasteiger partial charge in [0.15, 0.2) is 0 Å². The van der Waals surface area contributed by atoms with E-state index in [0.29, 0.717) is 0 Å². The van der Waals surface area contributed by atoms with E-state index in [1.807, 2.05) is 54.9 Å². The van der Waals surface area contributed by atoms with E-state index in [1.54, 1.807) is 0 Å². The van der Waals surface area contributed by atoms with E-state index in [1.165, 1.54) is 0 Å². The summed E-state index contributed by atoms with van der Waals surface area (Å²) in [6.45, 7) is 0. The second kappa shape index (κ2) is 4.15. The van der Waals surface area contributed by atoms with Crippen LogP contribution in [0.4, 0.5) is 0 Å². The predicted molar refractivity (Wildman–Crippen MR) is 81.2 cm³/mol. The van der Waals surface area contributed by atoms with Gasteiger partial charge in [0.25, 0.3) is 0 Å². The van der Waals surface area contributed by atoms with Crippen LogP contribution in [0.5, 0.6) is 0 Å². The number of halogens is 1. The van der Waals surface area contributed by atoms with E-state index in [2.05, 4.69) is 34.1 Å². The number of hydrogen-bond acceptors (Lipinski definition) is 2. The van der Waals surface area contributed by atoms with Gasteiger partial charge in [0.1, 0.15) is 0 Å². The summed E-state index contributed by atoms with van der Waals surface area (Å²) in [4.78, 5) is 4.22. The zero-order valence-electron chi connectivity index (χ0n) is 10.8. The van der Waals surface area contributed by atoms with Gasteiger partial charge in [-0.05, 0) is 24.3 Å². The number of alkyl halides is 1. The van der Waals surface area contributed by atoms with Gasteiger partial charge in [-0.1, -0.05) is 54.1 Å². The van der Waals surface area contributed by atoms with Crippen LogP contribution in [0.25, 0.3) is 0 Å². The standard InChI is InChI=1S/C17H13ClN2/c18-17(14-8-2-1-3-9-14)19-12-6-4-10-15(19)16-11-5-7-13-20(16)17/h1-13H. The monoisotopic (exact) mass is 280 g/mol. The Hall–Kier alpha value is -2.19. The molecule has 2 nitrogen and oxygen atoms in total. The van der Waals surface area contributed by atoms with Crippen molar-refractivity contribution in [2.24, 2.45) is 0 Å². The minimum atomic E-state index is -0.742. The van der Waals surface area contributed by atoms with Gasteiger partial charge < -0.3 is 9.80 Å². The highest BCUT2D eigenvalue weighted by atomic mass is 35.5. The molecule has 0 radical (unpaired) electrons. The molecule has 0 spiro atoms. The Balaban J connectivity index is 1.94. The van der Waals surface area contributed by atoms with E-state index < -0.39 is 5.12 Å². The number of allylic oxidation sites excluding steroid dienone is 6. The van der Waals surface area contributed by atoms with Crippen LogP contribution in [-0.2, 0) is 5.12 Å². The van der Waals surface area contributed by atoms with Gasteiger partial charge in [0, 0.05) is 18.0 Å². The molecule has 98 valence electrons. The molecule has 3 heterocycles. The maximum atomic E-state index is 7.08. The molecule has 1 aromatic rings. The number of nitrogens with zero attached hydrogens (tertiary/aromatic N) is 2. The summed E-state index contributed by atoms with van der Waals surface area (Å²) >= 11 is 7.08. The molecule has 0 atom stereocenters. The van der Waals surface area contributed by atoms with E-state index in [-0.39, 0.29) is 0 Å². The lowest BCUT2D eigenvalue weighted by Crippen LogP contribution is -2.43. The van der Waals surface area contributed by atoms with E-state index in [4.69, 9.17) is 11.6 Å². The summed E-state index contributed by atoms with van der Waals surface area (Å²) < 4.78 is 0. The molecule has 0 fully saturated rings. The third-order valence-corrected chi connectivity index (χ3v) is 4.34. The Bertz CT molecular complexity index is 657. The quantitative estimate of drug-likeness (QED) is 0.566. The van der Waals surface area contributed by atoms with Crippen LogP contribution in [0, 0.1) is 0 Å². The second-order valence-corrected chi connectivity index (χ2v) is 5.39. The van der Waals surface area contributed by atoms with Gasteiger partial charge in [-0.25, -0.2) is 0 Å². The van der Waals surface area contributed by atoms with Crippen LogP contribution < -0.4 is 0 Å². The van der Waals surface area contributed by atoms with E-state index in [9.17, 15) is 0 Å². The van der Waals surface area contributed by atoms with Crippen molar-refractivity contribution in [1.29, 1.82) is 0 Å². The summed E-state index contributed by atoms with van der Waals surface area (Å²) in [5, 5.41) is -0.742. The van der Waals surface area contributed by atoms with Crippen LogP contribution in [0.1, 0.15) is 5.56 Å². The highest BCUT2D eigenvalue weighted by molar-refractivity contribution is 6.24. The first-order valence-corrected chi connectivity index (χ1v) is 6.97. The molecule has 0 aromatic heterocycles. The molecule has 0 saturated heterocycles. The molecular formula is C17H13ClN2. The van der Waals surface area contributed by atoms with Gasteiger partial charge in [-0.15, -0.1) is 0 Å². The van der Waals surface area contributed by atoms with Gasteiger partial charge >= 0.3 is 0 Å². The van der Waals surface area contributed by atoms with Crippen molar-refractivity contribution in [2.45, 2.75) is 5.12 Å². The fourth-order valence-corrected chi connectivity index (χ4v) is 3.29. The minimum Gasteiger partial charge on any atom is -0.306 e. The van der Waals surface area contributed by atoms with Crippen molar-refractivity contribution in [1.82, 2.24) is 9.80 Å². The van der Waals surface area contributed by atoms with Crippen LogP contribution in [0.3, 0.4) is 0 Å². The molecule has 0 amide bonds. The molecule has 0 saturated carbocycles. The molecular weight excluding hydrogens is 268 g/mol. The van der Waals surface area contributed by atoms with Gasteiger partial charge in [0.05, 0.1) is 11.4 Å². The first kappa shape index (κ1) is 11.6. The fraction of sp³-hybridized carbons (Fsp3) is 0.0588. The second-order valence-electron chi connectivity index (χ2n) is 4.86. The number of hydrogen-bond donors (Lipinski definition) is 0. The van der Waals surface area contributed by atoms with Crippen LogP contribution in [-0.4, -0.2) is 9.80 Å². The molecule has 0 N–H and O–H groups in total. The van der Waals surface area contributed by atoms with Crippen molar-refractivity contribution in [2.75, 3.05) is 0 Å². The molecule has 20 heavy (non-hydrogen) atoms. The molecule has 0 unspecified atom stereocenters. The van der Waals surface area contributed by atoms with E-state index in [0.717, 1.165) is 17.0 Å². The third kappa shape index (κ3) is 1.40. The van der Waals surface area contributed by atoms with Crippen LogP contribution in [0.15, 0.2) is 90.6 Å². The predicted octanol–water partition coefficient (Wildman–Crippen LogP) is 4.03. The SMILES string of the molecule is ClC1(c2ccccc2)N2C=CC=CC2=C2C=CC=CN21. The van der Waals surface area contributed by atoms with Gasteiger partial charge in [-0.3, -0.25) is 0 Å². The van der Waals surface area contributed by atoms with Crippen LogP contribution in [0.2, 0.25) is 0 Å². The van der Waals surface area contributed by atoms with Crippen molar-refractivity contribution < 1.29 is 0 Å². The normalized spacial score (nSPS) is 21.4. The Labute approximate surface area is 123 Å². The molecule has 1 aromatic carbocycles. The lowest BCUT2D eigenvalue weighted by atomic mass is 10.1. The Morgan fingerprint density at radius 2 is 1.30 bits per heavy atom. The highest BCUT2D eigenvalue weighted by Crippen LogP contribution is 2.50. The summed E-state index contributed by atoms with van der Waals surface area (Å²) in [5.41, 5.74) is 3.29. The van der Waals surface area contributed by atoms with E-state index >= 15 is 0 Å². The molecule has 0 bridgehead atoms. The maximum absolute atomic E-state index is 7.08. The number of fused-ring (bicyclic) bond motifs is 2. The van der Waals surface area contributed by atoms with Gasteiger partial charge in [0.2, 0.25) is 5.12 Å². The Morgan fingerprint density at radius 1 is 0.750 bits per heavy atom. The average molecular weight is 281 g/mol. The van der Waals surface area contributed by atoms with Crippen molar-refractivity contribution >= 4 is 11.6 Å². The summed E-state index contributed by atoms with van der Waals surface area (Å²) in [6.07, 6.45) is 16.3. The minimum absolute atomic E-state index is 0.742. The average Bonchev–Trinajstić information content (AvgIpc) is 2.80. The summed E-state index contributed by atoms with van der Waals surface area (Å²) in [7, 11) is 0.